The van der Waals surface area contributed by atoms with E-state index < -0.39 is 34.0 Å². The third-order valence-corrected chi connectivity index (χ3v) is 3.41. The summed E-state index contributed by atoms with van der Waals surface area (Å²) in [6.07, 6.45) is 0. The van der Waals surface area contributed by atoms with Gasteiger partial charge in [0.15, 0.2) is 0 Å². The Morgan fingerprint density at radius 1 is 1.39 bits per heavy atom. The highest BCUT2D eigenvalue weighted by Gasteiger charge is 2.18. The average molecular weight is 275 g/mol. The smallest absolute Gasteiger partial charge is 0.243 e. The molecule has 7 heteroatoms. The molecule has 0 heterocycles. The lowest BCUT2D eigenvalue weighted by Gasteiger charge is -2.06. The van der Waals surface area contributed by atoms with Crippen LogP contribution in [0.25, 0.3) is 0 Å². The molecular formula is C11H11F2NO3S. The quantitative estimate of drug-likeness (QED) is 0.783. The van der Waals surface area contributed by atoms with Crippen LogP contribution in [0.5, 0.6) is 0 Å². The molecule has 0 atom stereocenters. The van der Waals surface area contributed by atoms with E-state index in [2.05, 4.69) is 11.8 Å². The first kappa shape index (κ1) is 14.6. The van der Waals surface area contributed by atoms with Gasteiger partial charge in [0.25, 0.3) is 0 Å². The fourth-order valence-corrected chi connectivity index (χ4v) is 2.25. The maximum absolute atomic E-state index is 13.6. The van der Waals surface area contributed by atoms with Crippen molar-refractivity contribution < 1.29 is 22.3 Å². The molecule has 0 aliphatic carbocycles. The molecule has 4 nitrogen and oxygen atoms in total. The van der Waals surface area contributed by atoms with E-state index >= 15 is 0 Å². The van der Waals surface area contributed by atoms with Crippen LogP contribution in [-0.4, -0.2) is 33.4 Å². The molecule has 98 valence electrons. The number of hydrogen-bond acceptors (Lipinski definition) is 3. The van der Waals surface area contributed by atoms with Crippen LogP contribution in [0.4, 0.5) is 8.78 Å². The lowest BCUT2D eigenvalue weighted by Crippen LogP contribution is -2.26. The minimum absolute atomic E-state index is 0.242. The average Bonchev–Trinajstić information content (AvgIpc) is 2.33. The highest BCUT2D eigenvalue weighted by atomic mass is 32.2. The van der Waals surface area contributed by atoms with Crippen LogP contribution in [0, 0.1) is 17.7 Å². The summed E-state index contributed by atoms with van der Waals surface area (Å²) in [7, 11) is -4.05. The van der Waals surface area contributed by atoms with Gasteiger partial charge >= 0.3 is 0 Å². The lowest BCUT2D eigenvalue weighted by molar-refractivity contribution is 0.350. The first-order chi connectivity index (χ1) is 8.51. The molecule has 0 radical (unpaired) electrons. The first-order valence-corrected chi connectivity index (χ1v) is 6.44. The van der Waals surface area contributed by atoms with Crippen molar-refractivity contribution in [2.24, 2.45) is 0 Å². The highest BCUT2D eigenvalue weighted by Crippen LogP contribution is 2.15. The Hall–Kier alpha value is -1.49. The van der Waals surface area contributed by atoms with E-state index in [1.165, 1.54) is 6.07 Å². The number of benzene rings is 1. The van der Waals surface area contributed by atoms with Gasteiger partial charge in [-0.05, 0) is 18.2 Å². The van der Waals surface area contributed by atoms with Gasteiger partial charge in [0, 0.05) is 12.1 Å². The molecule has 1 aromatic carbocycles. The number of aliphatic hydroxyl groups is 1. The molecule has 1 aromatic rings. The van der Waals surface area contributed by atoms with Gasteiger partial charge in [-0.1, -0.05) is 11.8 Å². The summed E-state index contributed by atoms with van der Waals surface area (Å²) in [5, 5.41) is 8.47. The standard InChI is InChI=1S/C11H11F2NO3S/c12-5-6-14-18(16,17)11-4-3-9(2-1-7-15)8-10(11)13/h3-4,8,14-15H,5-7H2. The van der Waals surface area contributed by atoms with Crippen LogP contribution < -0.4 is 4.72 Å². The van der Waals surface area contributed by atoms with Gasteiger partial charge < -0.3 is 5.11 Å². The first-order valence-electron chi connectivity index (χ1n) is 4.96. The van der Waals surface area contributed by atoms with Crippen molar-refractivity contribution in [1.82, 2.24) is 4.72 Å². The predicted octanol–water partition coefficient (Wildman–Crippen LogP) is 0.417. The summed E-state index contributed by atoms with van der Waals surface area (Å²) in [6, 6.07) is 3.28. The van der Waals surface area contributed by atoms with Crippen molar-refractivity contribution in [3.05, 3.63) is 29.6 Å². The Morgan fingerprint density at radius 2 is 2.11 bits per heavy atom. The number of halogens is 2. The zero-order valence-electron chi connectivity index (χ0n) is 9.28. The zero-order chi connectivity index (χ0) is 13.6. The second-order valence-electron chi connectivity index (χ2n) is 3.19. The second kappa shape index (κ2) is 6.44. The van der Waals surface area contributed by atoms with Crippen LogP contribution in [0.15, 0.2) is 23.1 Å². The van der Waals surface area contributed by atoms with Crippen molar-refractivity contribution in [1.29, 1.82) is 0 Å². The van der Waals surface area contributed by atoms with Crippen molar-refractivity contribution in [3.63, 3.8) is 0 Å². The minimum atomic E-state index is -4.05. The normalized spacial score (nSPS) is 10.8. The summed E-state index contributed by atoms with van der Waals surface area (Å²) < 4.78 is 50.4. The lowest BCUT2D eigenvalue weighted by atomic mass is 10.2. The third-order valence-electron chi connectivity index (χ3n) is 1.92. The van der Waals surface area contributed by atoms with Crippen molar-refractivity contribution in [2.75, 3.05) is 19.8 Å². The molecule has 0 aliphatic heterocycles. The Bertz CT molecular complexity index is 576. The maximum atomic E-state index is 13.6. The van der Waals surface area contributed by atoms with E-state index in [-0.39, 0.29) is 12.2 Å². The molecule has 0 fully saturated rings. The van der Waals surface area contributed by atoms with E-state index in [1.54, 1.807) is 0 Å². The van der Waals surface area contributed by atoms with Crippen molar-refractivity contribution in [2.45, 2.75) is 4.90 Å². The number of aliphatic hydroxyl groups excluding tert-OH is 1. The fraction of sp³-hybridized carbons (Fsp3) is 0.273. The van der Waals surface area contributed by atoms with Crippen LogP contribution in [0.3, 0.4) is 0 Å². The Balaban J connectivity index is 3.05. The van der Waals surface area contributed by atoms with Gasteiger partial charge in [0.1, 0.15) is 24.0 Å². The number of alkyl halides is 1. The zero-order valence-corrected chi connectivity index (χ0v) is 10.1. The van der Waals surface area contributed by atoms with Crippen molar-refractivity contribution in [3.8, 4) is 11.8 Å². The van der Waals surface area contributed by atoms with Gasteiger partial charge in [0.2, 0.25) is 10.0 Å². The monoisotopic (exact) mass is 275 g/mol. The SMILES string of the molecule is O=S(=O)(NCCF)c1ccc(C#CCO)cc1F. The minimum Gasteiger partial charge on any atom is -0.384 e. The van der Waals surface area contributed by atoms with Crippen LogP contribution >= 0.6 is 0 Å². The molecule has 2 N–H and O–H groups in total. The molecule has 0 saturated carbocycles. The summed E-state index contributed by atoms with van der Waals surface area (Å²) in [5.74, 6) is 3.77. The fourth-order valence-electron chi connectivity index (χ4n) is 1.19. The van der Waals surface area contributed by atoms with E-state index in [9.17, 15) is 17.2 Å². The Kier molecular flexibility index (Phi) is 5.22. The predicted molar refractivity (Wildman–Crippen MR) is 61.5 cm³/mol. The topological polar surface area (TPSA) is 66.4 Å². The molecule has 18 heavy (non-hydrogen) atoms. The molecule has 0 bridgehead atoms. The molecular weight excluding hydrogens is 264 g/mol. The molecule has 0 amide bonds. The largest absolute Gasteiger partial charge is 0.384 e. The van der Waals surface area contributed by atoms with Crippen LogP contribution in [-0.2, 0) is 10.0 Å². The van der Waals surface area contributed by atoms with E-state index in [4.69, 9.17) is 5.11 Å². The summed E-state index contributed by atoms with van der Waals surface area (Å²) in [4.78, 5) is -0.564. The molecule has 1 rings (SSSR count). The van der Waals surface area contributed by atoms with E-state index in [0.717, 1.165) is 12.1 Å². The molecule has 0 aromatic heterocycles. The van der Waals surface area contributed by atoms with Gasteiger partial charge in [-0.3, -0.25) is 0 Å². The molecule has 0 unspecified atom stereocenters. The Labute approximate surface area is 104 Å². The number of sulfonamides is 1. The summed E-state index contributed by atoms with van der Waals surface area (Å²) >= 11 is 0. The van der Waals surface area contributed by atoms with Gasteiger partial charge in [0.05, 0.1) is 0 Å². The number of nitrogens with one attached hydrogen (secondary N) is 1. The van der Waals surface area contributed by atoms with E-state index in [1.807, 2.05) is 4.72 Å². The molecule has 0 saturated heterocycles. The second-order valence-corrected chi connectivity index (χ2v) is 4.93. The third kappa shape index (κ3) is 3.77. The summed E-state index contributed by atoms with van der Waals surface area (Å²) in [5.41, 5.74) is 0.242. The van der Waals surface area contributed by atoms with E-state index in [0.29, 0.717) is 0 Å². The maximum Gasteiger partial charge on any atom is 0.243 e. The van der Waals surface area contributed by atoms with Crippen molar-refractivity contribution >= 4 is 10.0 Å². The van der Waals surface area contributed by atoms with Gasteiger partial charge in [-0.15, -0.1) is 0 Å². The van der Waals surface area contributed by atoms with Gasteiger partial charge in [-0.25, -0.2) is 21.9 Å². The number of hydrogen-bond donors (Lipinski definition) is 2. The summed E-state index contributed by atoms with van der Waals surface area (Å²) in [6.45, 7) is -1.66. The molecule has 0 spiro atoms. The van der Waals surface area contributed by atoms with Crippen LogP contribution in [0.1, 0.15) is 5.56 Å². The Morgan fingerprint density at radius 3 is 2.67 bits per heavy atom. The van der Waals surface area contributed by atoms with Gasteiger partial charge in [-0.2, -0.15) is 0 Å². The van der Waals surface area contributed by atoms with Crippen LogP contribution in [0.2, 0.25) is 0 Å². The molecule has 0 aliphatic rings. The highest BCUT2D eigenvalue weighted by molar-refractivity contribution is 7.89. The number of rotatable bonds is 4.